The topological polar surface area (TPSA) is 95.7 Å². The van der Waals surface area contributed by atoms with Gasteiger partial charge in [0.15, 0.2) is 0 Å². The van der Waals surface area contributed by atoms with E-state index in [1.54, 1.807) is 11.0 Å². The van der Waals surface area contributed by atoms with Crippen molar-refractivity contribution in [2.24, 2.45) is 5.92 Å². The number of nitrogens with one attached hydrogen (secondary N) is 1. The predicted octanol–water partition coefficient (Wildman–Crippen LogP) is 3.57. The van der Waals surface area contributed by atoms with E-state index in [1.165, 1.54) is 18.2 Å². The molecule has 0 spiro atoms. The number of likely N-dealkylation sites (tertiary alicyclic amines) is 1. The summed E-state index contributed by atoms with van der Waals surface area (Å²) in [6.45, 7) is 1.07. The maximum atomic E-state index is 12.4. The van der Waals surface area contributed by atoms with Gasteiger partial charge in [-0.25, -0.2) is 4.79 Å². The molecule has 7 heteroatoms. The molecule has 1 atom stereocenters. The molecule has 3 rings (SSSR count). The maximum absolute atomic E-state index is 12.4. The molecule has 2 N–H and O–H groups in total. The molecule has 2 aromatic rings. The third-order valence-electron chi connectivity index (χ3n) is 4.72. The van der Waals surface area contributed by atoms with Crippen LogP contribution in [-0.4, -0.2) is 34.1 Å². The normalized spacial score (nSPS) is 16.1. The van der Waals surface area contributed by atoms with Crippen LogP contribution in [0, 0.1) is 16.0 Å². The Hall–Kier alpha value is -2.93. The van der Waals surface area contributed by atoms with Crippen molar-refractivity contribution >= 4 is 17.4 Å². The summed E-state index contributed by atoms with van der Waals surface area (Å²) in [6, 6.07) is 15.1. The van der Waals surface area contributed by atoms with Gasteiger partial charge in [-0.1, -0.05) is 36.4 Å². The molecule has 26 heavy (non-hydrogen) atoms. The molecule has 0 aromatic heterocycles. The zero-order valence-electron chi connectivity index (χ0n) is 14.2. The van der Waals surface area contributed by atoms with Crippen LogP contribution in [0.4, 0.5) is 16.2 Å². The van der Waals surface area contributed by atoms with Gasteiger partial charge in [-0.2, -0.15) is 0 Å². The smallest absolute Gasteiger partial charge is 0.321 e. The van der Waals surface area contributed by atoms with E-state index >= 15 is 0 Å². The molecule has 1 heterocycles. The van der Waals surface area contributed by atoms with Crippen molar-refractivity contribution < 1.29 is 14.8 Å². The van der Waals surface area contributed by atoms with Gasteiger partial charge in [0.2, 0.25) is 0 Å². The van der Waals surface area contributed by atoms with Crippen LogP contribution in [0.3, 0.4) is 0 Å². The Morgan fingerprint density at radius 1 is 1.15 bits per heavy atom. The molecule has 7 nitrogen and oxygen atoms in total. The number of non-ortho nitro benzene ring substituents is 1. The first-order valence-corrected chi connectivity index (χ1v) is 8.58. The van der Waals surface area contributed by atoms with Crippen LogP contribution in [-0.2, 0) is 0 Å². The third-order valence-corrected chi connectivity index (χ3v) is 4.72. The van der Waals surface area contributed by atoms with Gasteiger partial charge in [0.05, 0.1) is 11.0 Å². The van der Waals surface area contributed by atoms with Gasteiger partial charge in [0, 0.05) is 30.9 Å². The highest BCUT2D eigenvalue weighted by atomic mass is 16.6. The molecule has 0 radical (unpaired) electrons. The van der Waals surface area contributed by atoms with Gasteiger partial charge in [-0.15, -0.1) is 0 Å². The Bertz CT molecular complexity index is 773. The SMILES string of the molecule is O=C(Nc1cccc([N+](=O)[O-])c1)N1CCC([C@H](O)c2ccccc2)CC1. The minimum Gasteiger partial charge on any atom is -0.388 e. The summed E-state index contributed by atoms with van der Waals surface area (Å²) in [5.74, 6) is 0.110. The third kappa shape index (κ3) is 4.18. The summed E-state index contributed by atoms with van der Waals surface area (Å²) in [4.78, 5) is 24.4. The lowest BCUT2D eigenvalue weighted by Gasteiger charge is -2.34. The molecule has 136 valence electrons. The zero-order valence-corrected chi connectivity index (χ0v) is 14.2. The molecule has 2 aromatic carbocycles. The van der Waals surface area contributed by atoms with Gasteiger partial charge < -0.3 is 15.3 Å². The molecular weight excluding hydrogens is 334 g/mol. The molecular formula is C19H21N3O4. The molecule has 1 fully saturated rings. The number of nitro groups is 1. The van der Waals surface area contributed by atoms with Crippen LogP contribution in [0.1, 0.15) is 24.5 Å². The molecule has 0 unspecified atom stereocenters. The second kappa shape index (κ2) is 7.97. The molecule has 2 amide bonds. The van der Waals surface area contributed by atoms with Crippen molar-refractivity contribution in [3.63, 3.8) is 0 Å². The Labute approximate surface area is 151 Å². The van der Waals surface area contributed by atoms with Crippen LogP contribution in [0.15, 0.2) is 54.6 Å². The number of nitro benzene ring substituents is 1. The number of nitrogens with zero attached hydrogens (tertiary/aromatic N) is 2. The second-order valence-electron chi connectivity index (χ2n) is 6.42. The van der Waals surface area contributed by atoms with Crippen LogP contribution >= 0.6 is 0 Å². The van der Waals surface area contributed by atoms with E-state index in [9.17, 15) is 20.0 Å². The molecule has 0 bridgehead atoms. The van der Waals surface area contributed by atoms with Gasteiger partial charge in [-0.05, 0) is 30.4 Å². The quantitative estimate of drug-likeness (QED) is 0.647. The number of benzene rings is 2. The van der Waals surface area contributed by atoms with Crippen molar-refractivity contribution in [2.45, 2.75) is 18.9 Å². The van der Waals surface area contributed by atoms with E-state index in [1.807, 2.05) is 30.3 Å². The first-order chi connectivity index (χ1) is 12.5. The van der Waals surface area contributed by atoms with Gasteiger partial charge >= 0.3 is 6.03 Å². The minimum atomic E-state index is -0.529. The Morgan fingerprint density at radius 2 is 1.85 bits per heavy atom. The number of hydrogen-bond donors (Lipinski definition) is 2. The molecule has 1 aliphatic heterocycles. The predicted molar refractivity (Wildman–Crippen MR) is 97.8 cm³/mol. The van der Waals surface area contributed by atoms with Crippen molar-refractivity contribution in [2.75, 3.05) is 18.4 Å². The number of carbonyl (C=O) groups excluding carboxylic acids is 1. The number of anilines is 1. The van der Waals surface area contributed by atoms with Crippen LogP contribution in [0.5, 0.6) is 0 Å². The first-order valence-electron chi connectivity index (χ1n) is 8.58. The van der Waals surface area contributed by atoms with E-state index in [4.69, 9.17) is 0 Å². The zero-order chi connectivity index (χ0) is 18.5. The average molecular weight is 355 g/mol. The van der Waals surface area contributed by atoms with Crippen LogP contribution < -0.4 is 5.32 Å². The largest absolute Gasteiger partial charge is 0.388 e. The number of urea groups is 1. The van der Waals surface area contributed by atoms with Gasteiger partial charge in [0.25, 0.3) is 5.69 Å². The average Bonchev–Trinajstić information content (AvgIpc) is 2.68. The second-order valence-corrected chi connectivity index (χ2v) is 6.42. The van der Waals surface area contributed by atoms with Crippen LogP contribution in [0.25, 0.3) is 0 Å². The van der Waals surface area contributed by atoms with Crippen molar-refractivity contribution in [3.05, 3.63) is 70.3 Å². The van der Waals surface area contributed by atoms with E-state index in [2.05, 4.69) is 5.32 Å². The number of rotatable bonds is 4. The van der Waals surface area contributed by atoms with Crippen molar-refractivity contribution in [3.8, 4) is 0 Å². The highest BCUT2D eigenvalue weighted by molar-refractivity contribution is 5.89. The number of aliphatic hydroxyl groups is 1. The van der Waals surface area contributed by atoms with E-state index in [0.29, 0.717) is 31.6 Å². The Morgan fingerprint density at radius 3 is 2.50 bits per heavy atom. The minimum absolute atomic E-state index is 0.0625. The maximum Gasteiger partial charge on any atom is 0.321 e. The lowest BCUT2D eigenvalue weighted by molar-refractivity contribution is -0.384. The first kappa shape index (κ1) is 17.9. The lowest BCUT2D eigenvalue weighted by atomic mass is 9.87. The Kier molecular flexibility index (Phi) is 5.48. The summed E-state index contributed by atoms with van der Waals surface area (Å²) < 4.78 is 0. The van der Waals surface area contributed by atoms with Gasteiger partial charge in [0.1, 0.15) is 0 Å². The summed E-state index contributed by atoms with van der Waals surface area (Å²) in [6.07, 6.45) is 0.884. The summed E-state index contributed by atoms with van der Waals surface area (Å²) in [5.41, 5.74) is 1.23. The van der Waals surface area contributed by atoms with E-state index in [-0.39, 0.29) is 17.6 Å². The highest BCUT2D eigenvalue weighted by Gasteiger charge is 2.28. The summed E-state index contributed by atoms with van der Waals surface area (Å²) >= 11 is 0. The molecule has 0 saturated carbocycles. The Balaban J connectivity index is 1.55. The summed E-state index contributed by atoms with van der Waals surface area (Å²) in [7, 11) is 0. The fourth-order valence-corrected chi connectivity index (χ4v) is 3.24. The number of hydrogen-bond acceptors (Lipinski definition) is 4. The number of carbonyl (C=O) groups is 1. The van der Waals surface area contributed by atoms with Crippen LogP contribution in [0.2, 0.25) is 0 Å². The molecule has 1 saturated heterocycles. The van der Waals surface area contributed by atoms with E-state index < -0.39 is 11.0 Å². The molecule has 1 aliphatic rings. The standard InChI is InChI=1S/C19H21N3O4/c23-18(14-5-2-1-3-6-14)15-9-11-21(12-10-15)19(24)20-16-7-4-8-17(13-16)22(25)26/h1-8,13,15,18,23H,9-12H2,(H,20,24)/t18-/m1/s1. The van der Waals surface area contributed by atoms with Gasteiger partial charge in [-0.3, -0.25) is 10.1 Å². The number of piperidine rings is 1. The van der Waals surface area contributed by atoms with Crippen molar-refractivity contribution in [1.29, 1.82) is 0 Å². The summed E-state index contributed by atoms with van der Waals surface area (Å²) in [5, 5.41) is 24.0. The molecule has 0 aliphatic carbocycles. The monoisotopic (exact) mass is 355 g/mol. The van der Waals surface area contributed by atoms with Crippen molar-refractivity contribution in [1.82, 2.24) is 4.90 Å². The number of amides is 2. The van der Waals surface area contributed by atoms with E-state index in [0.717, 1.165) is 5.56 Å². The fourth-order valence-electron chi connectivity index (χ4n) is 3.24. The lowest BCUT2D eigenvalue weighted by Crippen LogP contribution is -2.42. The fraction of sp³-hybridized carbons (Fsp3) is 0.316. The highest BCUT2D eigenvalue weighted by Crippen LogP contribution is 2.30. The number of aliphatic hydroxyl groups excluding tert-OH is 1.